The number of rotatable bonds is 4. The molecule has 0 amide bonds. The number of Topliss-reactive ketones (excluding diaryl/α,β-unsaturated/α-hetero) is 1. The molecule has 0 fully saturated rings. The molecule has 0 saturated carbocycles. The second-order valence-electron chi connectivity index (χ2n) is 5.59. The van der Waals surface area contributed by atoms with Crippen molar-refractivity contribution in [2.75, 3.05) is 13.2 Å². The molecule has 0 radical (unpaired) electrons. The van der Waals surface area contributed by atoms with Crippen molar-refractivity contribution in [1.29, 1.82) is 0 Å². The smallest absolute Gasteiger partial charge is 0.181 e. The Morgan fingerprint density at radius 3 is 2.50 bits per heavy atom. The number of carbonyl (C=O) groups excluding carboxylic acids is 1. The van der Waals surface area contributed by atoms with Crippen molar-refractivity contribution in [2.24, 2.45) is 0 Å². The molecule has 0 aliphatic carbocycles. The molecule has 1 N–H and O–H groups in total. The van der Waals surface area contributed by atoms with Crippen LogP contribution < -0.4 is 9.47 Å². The van der Waals surface area contributed by atoms with E-state index in [0.717, 1.165) is 11.1 Å². The van der Waals surface area contributed by atoms with E-state index in [0.29, 0.717) is 30.3 Å². The lowest BCUT2D eigenvalue weighted by Gasteiger charge is -2.21. The molecule has 1 aliphatic rings. The second-order valence-corrected chi connectivity index (χ2v) is 7.56. The fraction of sp³-hybridized carbons (Fsp3) is 0.278. The van der Waals surface area contributed by atoms with Gasteiger partial charge < -0.3 is 14.6 Å². The molecule has 24 heavy (non-hydrogen) atoms. The average molecular weight is 456 g/mol. The van der Waals surface area contributed by atoms with Gasteiger partial charge in [0, 0.05) is 0 Å². The van der Waals surface area contributed by atoms with Gasteiger partial charge in [-0.25, -0.2) is 0 Å². The number of ketones is 1. The minimum Gasteiger partial charge on any atom is -0.507 e. The van der Waals surface area contributed by atoms with Crippen LogP contribution in [-0.4, -0.2) is 28.9 Å². The highest BCUT2D eigenvalue weighted by Crippen LogP contribution is 2.39. The van der Waals surface area contributed by atoms with Crippen LogP contribution in [0.5, 0.6) is 17.2 Å². The van der Waals surface area contributed by atoms with Crippen LogP contribution in [0.25, 0.3) is 0 Å². The molecule has 1 heterocycles. The predicted octanol–water partition coefficient (Wildman–Crippen LogP) is 4.55. The summed E-state index contributed by atoms with van der Waals surface area (Å²) in [6, 6.07) is 10.6. The van der Waals surface area contributed by atoms with E-state index in [-0.39, 0.29) is 16.4 Å². The summed E-state index contributed by atoms with van der Waals surface area (Å²) in [5.74, 6) is 1.18. The maximum absolute atomic E-state index is 12.7. The van der Waals surface area contributed by atoms with Crippen LogP contribution in [0, 0.1) is 6.92 Å². The number of aryl methyl sites for hydroxylation is 1. The van der Waals surface area contributed by atoms with Crippen LogP contribution in [0.4, 0.5) is 0 Å². The number of phenols is 1. The van der Waals surface area contributed by atoms with Gasteiger partial charge in [0.05, 0.1) is 15.2 Å². The number of fused-ring (bicyclic) bond motifs is 1. The molecule has 6 heteroatoms. The molecule has 4 nitrogen and oxygen atoms in total. The van der Waals surface area contributed by atoms with Crippen molar-refractivity contribution in [1.82, 2.24) is 0 Å². The third-order valence-electron chi connectivity index (χ3n) is 3.81. The first-order chi connectivity index (χ1) is 11.5. The Kier molecular flexibility index (Phi) is 5.15. The zero-order valence-electron chi connectivity index (χ0n) is 13.0. The van der Waals surface area contributed by atoms with Gasteiger partial charge in [-0.2, -0.15) is 0 Å². The molecule has 0 unspecified atom stereocenters. The lowest BCUT2D eigenvalue weighted by molar-refractivity contribution is 0.0988. The summed E-state index contributed by atoms with van der Waals surface area (Å²) in [5.41, 5.74) is 2.09. The van der Waals surface area contributed by atoms with Gasteiger partial charge in [0.1, 0.15) is 19.0 Å². The van der Waals surface area contributed by atoms with E-state index in [1.165, 1.54) is 0 Å². The van der Waals surface area contributed by atoms with Gasteiger partial charge in [-0.3, -0.25) is 4.79 Å². The van der Waals surface area contributed by atoms with Gasteiger partial charge in [-0.15, -0.1) is 0 Å². The standard InChI is InChI=1S/C18H16Br2O4/c1-10-2-4-12(13(21)8-10)18(22)17(20)16(19)11-3-5-14-15(9-11)24-7-6-23-14/h2-5,8-9,16-17,21H,6-7H2,1H3/t16-,17-/m0/s1. The fourth-order valence-corrected chi connectivity index (χ4v) is 3.61. The van der Waals surface area contributed by atoms with E-state index < -0.39 is 4.83 Å². The van der Waals surface area contributed by atoms with E-state index in [1.54, 1.807) is 18.2 Å². The summed E-state index contributed by atoms with van der Waals surface area (Å²) in [5, 5.41) is 10.0. The van der Waals surface area contributed by atoms with E-state index in [4.69, 9.17) is 9.47 Å². The molecule has 3 rings (SSSR count). The lowest BCUT2D eigenvalue weighted by Crippen LogP contribution is -2.20. The number of aromatic hydroxyl groups is 1. The predicted molar refractivity (Wildman–Crippen MR) is 99.0 cm³/mol. The Morgan fingerprint density at radius 1 is 1.08 bits per heavy atom. The number of phenolic OH excluding ortho intramolecular Hbond substituents is 1. The van der Waals surface area contributed by atoms with E-state index in [1.807, 2.05) is 25.1 Å². The Morgan fingerprint density at radius 2 is 1.79 bits per heavy atom. The second kappa shape index (κ2) is 7.15. The third-order valence-corrected chi connectivity index (χ3v) is 6.52. The molecule has 2 aromatic carbocycles. The number of hydrogen-bond donors (Lipinski definition) is 1. The molecule has 126 valence electrons. The van der Waals surface area contributed by atoms with Crippen molar-refractivity contribution in [3.8, 4) is 17.2 Å². The van der Waals surface area contributed by atoms with Crippen LogP contribution in [0.2, 0.25) is 0 Å². The summed E-state index contributed by atoms with van der Waals surface area (Å²) >= 11 is 7.02. The van der Waals surface area contributed by atoms with Crippen LogP contribution in [0.3, 0.4) is 0 Å². The largest absolute Gasteiger partial charge is 0.507 e. The van der Waals surface area contributed by atoms with Crippen molar-refractivity contribution in [3.05, 3.63) is 53.1 Å². The molecule has 1 aliphatic heterocycles. The van der Waals surface area contributed by atoms with Gasteiger partial charge in [0.15, 0.2) is 17.3 Å². The average Bonchev–Trinajstić information content (AvgIpc) is 2.59. The quantitative estimate of drug-likeness (QED) is 0.542. The van der Waals surface area contributed by atoms with Crippen molar-refractivity contribution in [2.45, 2.75) is 16.6 Å². The van der Waals surface area contributed by atoms with Gasteiger partial charge in [0.2, 0.25) is 0 Å². The highest BCUT2D eigenvalue weighted by atomic mass is 79.9. The summed E-state index contributed by atoms with van der Waals surface area (Å²) in [4.78, 5) is 11.9. The summed E-state index contributed by atoms with van der Waals surface area (Å²) in [7, 11) is 0. The van der Waals surface area contributed by atoms with E-state index in [2.05, 4.69) is 31.9 Å². The zero-order chi connectivity index (χ0) is 17.3. The molecular weight excluding hydrogens is 440 g/mol. The number of benzene rings is 2. The minimum atomic E-state index is -0.534. The van der Waals surface area contributed by atoms with Gasteiger partial charge >= 0.3 is 0 Å². The first-order valence-corrected chi connectivity index (χ1v) is 9.32. The number of halogens is 2. The molecule has 0 aromatic heterocycles. The van der Waals surface area contributed by atoms with Crippen molar-refractivity contribution >= 4 is 37.6 Å². The summed E-state index contributed by atoms with van der Waals surface area (Å²) in [6.45, 7) is 2.91. The molecule has 2 aromatic rings. The molecule has 0 bridgehead atoms. The summed E-state index contributed by atoms with van der Waals surface area (Å²) < 4.78 is 11.1. The Labute approximate surface area is 157 Å². The monoisotopic (exact) mass is 454 g/mol. The minimum absolute atomic E-state index is 0.00803. The maximum atomic E-state index is 12.7. The van der Waals surface area contributed by atoms with Gasteiger partial charge in [0.25, 0.3) is 0 Å². The number of ether oxygens (including phenoxy) is 2. The highest BCUT2D eigenvalue weighted by molar-refractivity contribution is 9.12. The number of carbonyl (C=O) groups is 1. The topological polar surface area (TPSA) is 55.8 Å². The Balaban J connectivity index is 1.83. The van der Waals surface area contributed by atoms with Crippen molar-refractivity contribution < 1.29 is 19.4 Å². The first-order valence-electron chi connectivity index (χ1n) is 7.49. The Bertz CT molecular complexity index is 776. The van der Waals surface area contributed by atoms with Crippen LogP contribution in [0.1, 0.15) is 26.3 Å². The highest BCUT2D eigenvalue weighted by Gasteiger charge is 2.28. The number of hydrogen-bond acceptors (Lipinski definition) is 4. The van der Waals surface area contributed by atoms with Crippen molar-refractivity contribution in [3.63, 3.8) is 0 Å². The van der Waals surface area contributed by atoms with Crippen LogP contribution in [-0.2, 0) is 0 Å². The summed E-state index contributed by atoms with van der Waals surface area (Å²) in [6.07, 6.45) is 0. The van der Waals surface area contributed by atoms with Crippen LogP contribution in [0.15, 0.2) is 36.4 Å². The molecule has 2 atom stereocenters. The fourth-order valence-electron chi connectivity index (χ4n) is 2.53. The van der Waals surface area contributed by atoms with Gasteiger partial charge in [-0.05, 0) is 42.3 Å². The maximum Gasteiger partial charge on any atom is 0.181 e. The SMILES string of the molecule is Cc1ccc(C(=O)[C@@H](Br)[C@@H](Br)c2ccc3c(c2)OCCO3)c(O)c1. The number of alkyl halides is 2. The molecule has 0 spiro atoms. The first kappa shape index (κ1) is 17.3. The lowest BCUT2D eigenvalue weighted by atomic mass is 10.0. The normalized spacial score (nSPS) is 15.6. The van der Waals surface area contributed by atoms with E-state index >= 15 is 0 Å². The third kappa shape index (κ3) is 3.44. The van der Waals surface area contributed by atoms with E-state index in [9.17, 15) is 9.90 Å². The van der Waals surface area contributed by atoms with Crippen LogP contribution >= 0.6 is 31.9 Å². The molecular formula is C18H16Br2O4. The van der Waals surface area contributed by atoms with Gasteiger partial charge in [-0.1, -0.05) is 44.0 Å². The Hall–Kier alpha value is -1.53. The molecule has 0 saturated heterocycles. The zero-order valence-corrected chi connectivity index (χ0v) is 16.1.